The van der Waals surface area contributed by atoms with E-state index in [-0.39, 0.29) is 18.0 Å². The van der Waals surface area contributed by atoms with Crippen LogP contribution in [0.4, 0.5) is 0 Å². The third-order valence-electron chi connectivity index (χ3n) is 5.23. The molecular weight excluding hydrogens is 392 g/mol. The lowest BCUT2D eigenvalue weighted by molar-refractivity contribution is -0.120. The number of ether oxygens (including phenoxy) is 2. The van der Waals surface area contributed by atoms with Gasteiger partial charge < -0.3 is 19.9 Å². The van der Waals surface area contributed by atoms with Crippen molar-refractivity contribution in [1.29, 1.82) is 0 Å². The number of rotatable bonds is 7. The van der Waals surface area contributed by atoms with Gasteiger partial charge in [0.05, 0.1) is 24.2 Å². The van der Waals surface area contributed by atoms with Gasteiger partial charge in [-0.05, 0) is 36.9 Å². The van der Waals surface area contributed by atoms with Crippen molar-refractivity contribution in [1.82, 2.24) is 10.2 Å². The van der Waals surface area contributed by atoms with Crippen molar-refractivity contribution in [2.75, 3.05) is 14.2 Å². The number of hydrogen-bond donors (Lipinski definition) is 2. The Hall–Kier alpha value is -2.28. The van der Waals surface area contributed by atoms with Gasteiger partial charge >= 0.3 is 0 Å². The van der Waals surface area contributed by atoms with Crippen LogP contribution in [0.3, 0.4) is 0 Å². The summed E-state index contributed by atoms with van der Waals surface area (Å²) in [4.78, 5) is 13.8. The van der Waals surface area contributed by atoms with Crippen molar-refractivity contribution in [2.45, 2.75) is 44.2 Å². The number of nitrogens with one attached hydrogen (secondary N) is 1. The van der Waals surface area contributed by atoms with Crippen LogP contribution >= 0.6 is 11.6 Å². The van der Waals surface area contributed by atoms with E-state index in [1.165, 1.54) is 6.92 Å². The van der Waals surface area contributed by atoms with Gasteiger partial charge in [-0.3, -0.25) is 9.69 Å². The van der Waals surface area contributed by atoms with E-state index < -0.39 is 12.2 Å². The molecule has 2 N–H and O–H groups in total. The fourth-order valence-electron chi connectivity index (χ4n) is 3.91. The van der Waals surface area contributed by atoms with Gasteiger partial charge in [0.1, 0.15) is 23.7 Å². The summed E-state index contributed by atoms with van der Waals surface area (Å²) in [5, 5.41) is 14.5. The first-order valence-electron chi connectivity index (χ1n) is 9.58. The Balaban J connectivity index is 1.75. The SMILES string of the molecule is COc1ccc(CN(C)[C@@H]2[C@@H](O)[C@H](Oc3ccccc3Cl)C[C@H]2NC(C)=O)cc1. The number of hydrogen-bond acceptors (Lipinski definition) is 5. The number of likely N-dealkylation sites (N-methyl/N-ethyl adjacent to an activating group) is 1. The quantitative estimate of drug-likeness (QED) is 0.723. The summed E-state index contributed by atoms with van der Waals surface area (Å²) in [6.07, 6.45) is -0.773. The molecule has 0 radical (unpaired) electrons. The summed E-state index contributed by atoms with van der Waals surface area (Å²) >= 11 is 6.21. The molecule has 0 heterocycles. The number of nitrogens with zero attached hydrogens (tertiary/aromatic N) is 1. The van der Waals surface area contributed by atoms with Crippen molar-refractivity contribution in [3.63, 3.8) is 0 Å². The molecule has 2 aromatic carbocycles. The Morgan fingerprint density at radius 3 is 2.55 bits per heavy atom. The van der Waals surface area contributed by atoms with Gasteiger partial charge in [0.15, 0.2) is 0 Å². The lowest BCUT2D eigenvalue weighted by atomic mass is 10.1. The monoisotopic (exact) mass is 418 g/mol. The van der Waals surface area contributed by atoms with Crippen molar-refractivity contribution >= 4 is 17.5 Å². The number of aliphatic hydroxyl groups excluding tert-OH is 1. The van der Waals surface area contributed by atoms with Crippen LogP contribution in [0.25, 0.3) is 0 Å². The number of para-hydroxylation sites is 1. The highest BCUT2D eigenvalue weighted by Gasteiger charge is 2.46. The molecule has 7 heteroatoms. The van der Waals surface area contributed by atoms with E-state index >= 15 is 0 Å². The largest absolute Gasteiger partial charge is 0.497 e. The number of carbonyl (C=O) groups is 1. The minimum Gasteiger partial charge on any atom is -0.497 e. The molecule has 156 valence electrons. The van der Waals surface area contributed by atoms with E-state index in [1.54, 1.807) is 19.2 Å². The highest BCUT2D eigenvalue weighted by Crippen LogP contribution is 2.32. The zero-order valence-electron chi connectivity index (χ0n) is 16.8. The van der Waals surface area contributed by atoms with Gasteiger partial charge in [-0.25, -0.2) is 0 Å². The lowest BCUT2D eigenvalue weighted by Crippen LogP contribution is -2.51. The maximum Gasteiger partial charge on any atom is 0.217 e. The molecule has 1 aliphatic carbocycles. The summed E-state index contributed by atoms with van der Waals surface area (Å²) in [6.45, 7) is 2.09. The normalized spacial score (nSPS) is 23.8. The molecule has 0 aromatic heterocycles. The first kappa shape index (κ1) is 21.4. The van der Waals surface area contributed by atoms with Crippen LogP contribution in [0, 0.1) is 0 Å². The molecule has 0 aliphatic heterocycles. The minimum atomic E-state index is -0.786. The number of carbonyl (C=O) groups excluding carboxylic acids is 1. The van der Waals surface area contributed by atoms with Crippen LogP contribution in [0.1, 0.15) is 18.9 Å². The molecule has 6 nitrogen and oxygen atoms in total. The van der Waals surface area contributed by atoms with E-state index in [2.05, 4.69) is 5.32 Å². The molecule has 0 saturated heterocycles. The van der Waals surface area contributed by atoms with Gasteiger partial charge in [0, 0.05) is 19.9 Å². The Morgan fingerprint density at radius 1 is 1.24 bits per heavy atom. The zero-order valence-corrected chi connectivity index (χ0v) is 17.6. The van der Waals surface area contributed by atoms with Crippen LogP contribution in [-0.4, -0.2) is 54.4 Å². The smallest absolute Gasteiger partial charge is 0.217 e. The highest BCUT2D eigenvalue weighted by molar-refractivity contribution is 6.32. The Bertz CT molecular complexity index is 830. The van der Waals surface area contributed by atoms with E-state index in [4.69, 9.17) is 21.1 Å². The molecule has 0 spiro atoms. The molecular formula is C22H27ClN2O4. The molecule has 4 atom stereocenters. The lowest BCUT2D eigenvalue weighted by Gasteiger charge is -2.32. The first-order valence-corrected chi connectivity index (χ1v) is 9.96. The Kier molecular flexibility index (Phi) is 7.00. The second-order valence-electron chi connectivity index (χ2n) is 7.37. The predicted octanol–water partition coefficient (Wildman–Crippen LogP) is 2.87. The first-order chi connectivity index (χ1) is 13.9. The van der Waals surface area contributed by atoms with E-state index in [0.29, 0.717) is 23.7 Å². The molecule has 29 heavy (non-hydrogen) atoms. The van der Waals surface area contributed by atoms with E-state index in [1.807, 2.05) is 48.3 Å². The van der Waals surface area contributed by atoms with Crippen molar-refractivity contribution in [3.05, 3.63) is 59.1 Å². The second-order valence-corrected chi connectivity index (χ2v) is 7.78. The van der Waals surface area contributed by atoms with Gasteiger partial charge in [0.25, 0.3) is 0 Å². The summed E-state index contributed by atoms with van der Waals surface area (Å²) in [5.41, 5.74) is 1.08. The van der Waals surface area contributed by atoms with Gasteiger partial charge in [0.2, 0.25) is 5.91 Å². The molecule has 1 aliphatic rings. The maximum absolute atomic E-state index is 11.7. The third kappa shape index (κ3) is 5.21. The highest BCUT2D eigenvalue weighted by atomic mass is 35.5. The fraction of sp³-hybridized carbons (Fsp3) is 0.409. The van der Waals surface area contributed by atoms with Crippen LogP contribution in [0.5, 0.6) is 11.5 Å². The van der Waals surface area contributed by atoms with Crippen LogP contribution in [0.2, 0.25) is 5.02 Å². The van der Waals surface area contributed by atoms with Crippen molar-refractivity contribution < 1.29 is 19.4 Å². The van der Waals surface area contributed by atoms with Crippen molar-refractivity contribution in [2.24, 2.45) is 0 Å². The average Bonchev–Trinajstić information content (AvgIpc) is 2.98. The zero-order chi connectivity index (χ0) is 21.0. The average molecular weight is 419 g/mol. The minimum absolute atomic E-state index is 0.136. The molecule has 1 saturated carbocycles. The van der Waals surface area contributed by atoms with Crippen LogP contribution < -0.4 is 14.8 Å². The molecule has 3 rings (SSSR count). The Labute approximate surface area is 176 Å². The number of amides is 1. The van der Waals surface area contributed by atoms with Crippen LogP contribution in [-0.2, 0) is 11.3 Å². The summed E-state index contributed by atoms with van der Waals surface area (Å²) in [6, 6.07) is 14.4. The van der Waals surface area contributed by atoms with Gasteiger partial charge in [-0.15, -0.1) is 0 Å². The number of halogens is 1. The molecule has 0 bridgehead atoms. The van der Waals surface area contributed by atoms with Crippen molar-refractivity contribution in [3.8, 4) is 11.5 Å². The second kappa shape index (κ2) is 9.48. The summed E-state index contributed by atoms with van der Waals surface area (Å²) in [5.74, 6) is 1.18. The summed E-state index contributed by atoms with van der Waals surface area (Å²) < 4.78 is 11.2. The van der Waals surface area contributed by atoms with E-state index in [9.17, 15) is 9.90 Å². The number of methoxy groups -OCH3 is 1. The van der Waals surface area contributed by atoms with Crippen LogP contribution in [0.15, 0.2) is 48.5 Å². The predicted molar refractivity (Wildman–Crippen MR) is 112 cm³/mol. The van der Waals surface area contributed by atoms with Gasteiger partial charge in [-0.1, -0.05) is 35.9 Å². The molecule has 1 amide bonds. The topological polar surface area (TPSA) is 71.0 Å². The Morgan fingerprint density at radius 2 is 1.93 bits per heavy atom. The maximum atomic E-state index is 11.7. The molecule has 2 aromatic rings. The standard InChI is InChI=1S/C22H27ClN2O4/c1-14(26)24-18-12-20(29-19-7-5-4-6-17(19)23)22(27)21(18)25(2)13-15-8-10-16(28-3)11-9-15/h4-11,18,20-22,27H,12-13H2,1-3H3,(H,24,26)/t18-,20-,21+,22+/m1/s1. The third-order valence-corrected chi connectivity index (χ3v) is 5.55. The van der Waals surface area contributed by atoms with E-state index in [0.717, 1.165) is 11.3 Å². The number of aliphatic hydroxyl groups is 1. The summed E-state index contributed by atoms with van der Waals surface area (Å²) in [7, 11) is 3.57. The molecule has 1 fully saturated rings. The fourth-order valence-corrected chi connectivity index (χ4v) is 4.09. The molecule has 0 unspecified atom stereocenters. The number of benzene rings is 2. The van der Waals surface area contributed by atoms with Gasteiger partial charge in [-0.2, -0.15) is 0 Å².